The van der Waals surface area contributed by atoms with Crippen molar-refractivity contribution in [3.63, 3.8) is 0 Å². The van der Waals surface area contributed by atoms with Crippen LogP contribution >= 0.6 is 15.9 Å². The number of fused-ring (bicyclic) bond motifs is 1. The van der Waals surface area contributed by atoms with Crippen LogP contribution in [0.25, 0.3) is 10.9 Å². The molecule has 42 heavy (non-hydrogen) atoms. The number of nitrogens with zero attached hydrogens (tertiary/aromatic N) is 6. The summed E-state index contributed by atoms with van der Waals surface area (Å²) in [6.07, 6.45) is 6.17. The van der Waals surface area contributed by atoms with Crippen molar-refractivity contribution in [2.75, 3.05) is 10.6 Å². The lowest BCUT2D eigenvalue weighted by atomic mass is 10.00. The van der Waals surface area contributed by atoms with Gasteiger partial charge in [-0.15, -0.1) is 5.10 Å². The Labute approximate surface area is 252 Å². The maximum absolute atomic E-state index is 13.9. The number of pyridine rings is 1. The van der Waals surface area contributed by atoms with Gasteiger partial charge in [0.25, 0.3) is 0 Å². The fraction of sp³-hybridized carbons (Fsp3) is 0.219. The molecular weight excluding hydrogens is 595 g/mol. The maximum Gasteiger partial charge on any atom is 0.123 e. The minimum Gasteiger partial charge on any atom is -0.377 e. The Bertz CT molecular complexity index is 1860. The first-order valence-electron chi connectivity index (χ1n) is 14.1. The highest BCUT2D eigenvalue weighted by molar-refractivity contribution is 9.10. The Morgan fingerprint density at radius 2 is 1.86 bits per heavy atom. The van der Waals surface area contributed by atoms with Crippen LogP contribution < -0.4 is 10.6 Å². The van der Waals surface area contributed by atoms with E-state index >= 15 is 0 Å². The first-order chi connectivity index (χ1) is 20.9. The average molecular weight is 623 g/mol. The van der Waals surface area contributed by atoms with E-state index in [1.807, 2.05) is 42.5 Å². The molecule has 2 N–H and O–H groups in total. The molecule has 208 valence electrons. The Morgan fingerprint density at radius 1 is 1.07 bits per heavy atom. The molecule has 5 aromatic rings. The molecule has 0 radical (unpaired) electrons. The van der Waals surface area contributed by atoms with E-state index in [1.54, 1.807) is 23.0 Å². The SMILES string of the molecule is [2H][C@@](Nc1cc(Br)c2ncc(C#N)c(N[C@H](CCC#N)c3ccccc3)c2c1)(c1ccc(F)cc1)c1cn(C2CC2)nn1. The smallest absolute Gasteiger partial charge is 0.123 e. The number of benzene rings is 3. The molecule has 0 saturated heterocycles. The number of halogens is 2. The molecular formula is C32H26BrFN8. The largest absolute Gasteiger partial charge is 0.377 e. The van der Waals surface area contributed by atoms with Gasteiger partial charge in [0, 0.05) is 28.2 Å². The number of rotatable bonds is 10. The average Bonchev–Trinajstić information content (AvgIpc) is 3.75. The summed E-state index contributed by atoms with van der Waals surface area (Å²) in [4.78, 5) is 4.54. The van der Waals surface area contributed by atoms with Crippen LogP contribution in [0, 0.1) is 28.5 Å². The molecule has 0 unspecified atom stereocenters. The molecule has 6 rings (SSSR count). The minimum absolute atomic E-state index is 0.235. The summed E-state index contributed by atoms with van der Waals surface area (Å²) in [7, 11) is 0. The van der Waals surface area contributed by atoms with Crippen molar-refractivity contribution in [3.05, 3.63) is 112 Å². The molecule has 3 aromatic carbocycles. The van der Waals surface area contributed by atoms with Gasteiger partial charge in [-0.1, -0.05) is 47.7 Å². The number of nitriles is 2. The second kappa shape index (κ2) is 12.0. The van der Waals surface area contributed by atoms with Crippen molar-refractivity contribution in [1.82, 2.24) is 20.0 Å². The summed E-state index contributed by atoms with van der Waals surface area (Å²) in [5.41, 5.74) is 3.92. The van der Waals surface area contributed by atoms with E-state index in [4.69, 9.17) is 0 Å². The van der Waals surface area contributed by atoms with Gasteiger partial charge in [-0.2, -0.15) is 10.5 Å². The van der Waals surface area contributed by atoms with Crippen molar-refractivity contribution >= 4 is 38.2 Å². The van der Waals surface area contributed by atoms with E-state index in [9.17, 15) is 16.3 Å². The van der Waals surface area contributed by atoms with Gasteiger partial charge >= 0.3 is 0 Å². The number of hydrogen-bond donors (Lipinski definition) is 2. The highest BCUT2D eigenvalue weighted by Crippen LogP contribution is 2.38. The third-order valence-corrected chi connectivity index (χ3v) is 7.80. The fourth-order valence-corrected chi connectivity index (χ4v) is 5.48. The molecule has 8 nitrogen and oxygen atoms in total. The molecule has 1 aliphatic carbocycles. The second-order valence-corrected chi connectivity index (χ2v) is 11.0. The highest BCUT2D eigenvalue weighted by Gasteiger charge is 2.27. The molecule has 2 heterocycles. The fourth-order valence-electron chi connectivity index (χ4n) is 4.92. The molecule has 1 saturated carbocycles. The van der Waals surface area contributed by atoms with Crippen LogP contribution in [0.1, 0.15) is 67.5 Å². The van der Waals surface area contributed by atoms with E-state index in [0.717, 1.165) is 18.4 Å². The quantitative estimate of drug-likeness (QED) is 0.165. The van der Waals surface area contributed by atoms with Gasteiger partial charge in [0.2, 0.25) is 0 Å². The third-order valence-electron chi connectivity index (χ3n) is 7.20. The number of hydrogen-bond acceptors (Lipinski definition) is 7. The van der Waals surface area contributed by atoms with Gasteiger partial charge < -0.3 is 10.6 Å². The van der Waals surface area contributed by atoms with Gasteiger partial charge in [-0.05, 0) is 70.6 Å². The lowest BCUT2D eigenvalue weighted by molar-refractivity contribution is 0.610. The van der Waals surface area contributed by atoms with Crippen molar-refractivity contribution in [3.8, 4) is 12.1 Å². The highest BCUT2D eigenvalue weighted by atomic mass is 79.9. The van der Waals surface area contributed by atoms with Crippen LogP contribution in [0.15, 0.2) is 83.6 Å². The van der Waals surface area contributed by atoms with E-state index in [-0.39, 0.29) is 12.1 Å². The number of nitrogens with one attached hydrogen (secondary N) is 2. The van der Waals surface area contributed by atoms with E-state index < -0.39 is 11.8 Å². The Kier molecular flexibility index (Phi) is 7.45. The monoisotopic (exact) mass is 621 g/mol. The Morgan fingerprint density at radius 3 is 2.57 bits per heavy atom. The van der Waals surface area contributed by atoms with Crippen molar-refractivity contribution in [2.24, 2.45) is 0 Å². The zero-order valence-electron chi connectivity index (χ0n) is 23.4. The van der Waals surface area contributed by atoms with Crippen LogP contribution in [0.5, 0.6) is 0 Å². The Hall–Kier alpha value is -4.80. The van der Waals surface area contributed by atoms with Gasteiger partial charge in [0.15, 0.2) is 0 Å². The summed E-state index contributed by atoms with van der Waals surface area (Å²) in [6.45, 7) is 0. The Balaban J connectivity index is 1.45. The van der Waals surface area contributed by atoms with Crippen LogP contribution in [-0.2, 0) is 0 Å². The summed E-state index contributed by atoms with van der Waals surface area (Å²) in [5, 5.41) is 35.5. The molecule has 10 heteroatoms. The third kappa shape index (κ3) is 5.81. The van der Waals surface area contributed by atoms with E-state index in [1.165, 1.54) is 18.3 Å². The summed E-state index contributed by atoms with van der Waals surface area (Å²) < 4.78 is 25.9. The second-order valence-electron chi connectivity index (χ2n) is 10.1. The molecule has 2 aromatic heterocycles. The van der Waals surface area contributed by atoms with Crippen molar-refractivity contribution < 1.29 is 5.76 Å². The molecule has 0 spiro atoms. The van der Waals surface area contributed by atoms with E-state index in [2.05, 4.69) is 54.0 Å². The summed E-state index contributed by atoms with van der Waals surface area (Å²) >= 11 is 3.64. The van der Waals surface area contributed by atoms with Crippen LogP contribution in [0.4, 0.5) is 15.8 Å². The normalized spacial score (nSPS) is 15.2. The molecule has 1 aliphatic rings. The maximum atomic E-state index is 13.9. The molecule has 2 atom stereocenters. The summed E-state index contributed by atoms with van der Waals surface area (Å²) in [5.74, 6) is -0.406. The zero-order chi connectivity index (χ0) is 30.0. The predicted octanol–water partition coefficient (Wildman–Crippen LogP) is 7.59. The van der Waals surface area contributed by atoms with Gasteiger partial charge in [0.1, 0.15) is 17.6 Å². The topological polar surface area (TPSA) is 115 Å². The number of anilines is 2. The molecule has 0 bridgehead atoms. The zero-order valence-corrected chi connectivity index (χ0v) is 24.0. The summed E-state index contributed by atoms with van der Waals surface area (Å²) in [6, 6.07) is 22.1. The first kappa shape index (κ1) is 26.1. The molecule has 0 amide bonds. The molecule has 0 aliphatic heterocycles. The van der Waals surface area contributed by atoms with Crippen molar-refractivity contribution in [1.29, 1.82) is 10.5 Å². The minimum atomic E-state index is -1.61. The lowest BCUT2D eigenvalue weighted by Gasteiger charge is -2.23. The first-order valence-corrected chi connectivity index (χ1v) is 14.4. The molecule has 1 fully saturated rings. The van der Waals surface area contributed by atoms with Crippen molar-refractivity contribution in [2.45, 2.75) is 43.8 Å². The van der Waals surface area contributed by atoms with E-state index in [0.29, 0.717) is 56.4 Å². The lowest BCUT2D eigenvalue weighted by Crippen LogP contribution is -2.14. The number of aromatic nitrogens is 4. The van der Waals surface area contributed by atoms with Gasteiger partial charge in [-0.25, -0.2) is 9.07 Å². The predicted molar refractivity (Wildman–Crippen MR) is 162 cm³/mol. The van der Waals surface area contributed by atoms with Crippen LogP contribution in [0.3, 0.4) is 0 Å². The van der Waals surface area contributed by atoms with Gasteiger partial charge in [-0.3, -0.25) is 4.98 Å². The van der Waals surface area contributed by atoms with Gasteiger partial charge in [0.05, 0.1) is 48.5 Å². The van der Waals surface area contributed by atoms with Crippen LogP contribution in [0.2, 0.25) is 0 Å². The standard InChI is InChI=1S/C32H26BrFN8/c33-27-16-24(38-31(21-8-10-23(34)11-9-21)29-19-42(41-40-29)25-12-13-25)15-26-30(22(17-36)18-37-32(26)27)39-28(7-4-14-35)20-5-2-1-3-6-20/h1-3,5-6,8-11,15-16,18-19,25,28,31,38H,4,7,12-13H2,(H,37,39)/t28-,31-/m1/s1/i31D. The van der Waals surface area contributed by atoms with Crippen LogP contribution in [-0.4, -0.2) is 20.0 Å².